The Bertz CT molecular complexity index is 1050. The summed E-state index contributed by atoms with van der Waals surface area (Å²) in [5.74, 6) is -0.147. The number of nitrogens with zero attached hydrogens (tertiary/aromatic N) is 1. The van der Waals surface area contributed by atoms with Gasteiger partial charge >= 0.3 is 0 Å². The first-order chi connectivity index (χ1) is 20.5. The molecule has 1 unspecified atom stereocenters. The summed E-state index contributed by atoms with van der Waals surface area (Å²) in [4.78, 5) is 0. The van der Waals surface area contributed by atoms with Crippen molar-refractivity contribution in [3.05, 3.63) is 53.6 Å². The van der Waals surface area contributed by atoms with Crippen LogP contribution >= 0.6 is 0 Å². The van der Waals surface area contributed by atoms with Crippen LogP contribution in [-0.2, 0) is 6.42 Å². The van der Waals surface area contributed by atoms with E-state index in [0.29, 0.717) is 18.6 Å². The minimum atomic E-state index is -0.923. The van der Waals surface area contributed by atoms with Crippen molar-refractivity contribution in [1.82, 2.24) is 0 Å². The Morgan fingerprint density at radius 3 is 1.98 bits per heavy atom. The van der Waals surface area contributed by atoms with E-state index in [1.54, 1.807) is 6.07 Å². The molecule has 0 heterocycles. The van der Waals surface area contributed by atoms with Gasteiger partial charge in [-0.2, -0.15) is 9.65 Å². The number of rotatable bonds is 20. The van der Waals surface area contributed by atoms with Crippen LogP contribution < -0.4 is 4.74 Å². The number of halogens is 2. The molecule has 1 aliphatic rings. The lowest BCUT2D eigenvalue weighted by molar-refractivity contribution is 0.241. The lowest BCUT2D eigenvalue weighted by Gasteiger charge is -2.29. The molecule has 1 atom stereocenters. The molecule has 2 aromatic carbocycles. The Hall–Kier alpha value is -2.41. The maximum atomic E-state index is 14.9. The van der Waals surface area contributed by atoms with Crippen molar-refractivity contribution in [1.29, 1.82) is 5.26 Å². The molecule has 0 aliphatic heterocycles. The zero-order valence-electron chi connectivity index (χ0n) is 26.4. The van der Waals surface area contributed by atoms with Crippen LogP contribution in [-0.4, -0.2) is 6.61 Å². The first-order valence-corrected chi connectivity index (χ1v) is 17.1. The smallest absolute Gasteiger partial charge is 0.201 e. The van der Waals surface area contributed by atoms with E-state index < -0.39 is 11.6 Å². The minimum Gasteiger partial charge on any atom is -0.490 e. The summed E-state index contributed by atoms with van der Waals surface area (Å²) >= 11 is 0. The van der Waals surface area contributed by atoms with Gasteiger partial charge in [0.15, 0.2) is 11.6 Å². The van der Waals surface area contributed by atoms with Crippen molar-refractivity contribution < 1.29 is 13.5 Å². The summed E-state index contributed by atoms with van der Waals surface area (Å²) in [5, 5.41) is 9.82. The maximum absolute atomic E-state index is 14.9. The quantitative estimate of drug-likeness (QED) is 0.146. The highest BCUT2D eigenvalue weighted by Crippen LogP contribution is 2.35. The van der Waals surface area contributed by atoms with Crippen molar-refractivity contribution in [3.63, 3.8) is 0 Å². The molecule has 1 fully saturated rings. The number of ether oxygens (including phenoxy) is 1. The number of unbranched alkanes of at least 4 members (excludes halogenated alkanes) is 9. The fraction of sp³-hybridized carbons (Fsp3) is 0.658. The van der Waals surface area contributed by atoms with E-state index in [1.165, 1.54) is 89.5 Å². The highest BCUT2D eigenvalue weighted by atomic mass is 19.2. The van der Waals surface area contributed by atoms with Crippen LogP contribution in [0, 0.1) is 40.7 Å². The Morgan fingerprint density at radius 1 is 0.738 bits per heavy atom. The van der Waals surface area contributed by atoms with Crippen molar-refractivity contribution in [3.8, 4) is 22.9 Å². The van der Waals surface area contributed by atoms with E-state index >= 15 is 0 Å². The molecule has 1 saturated carbocycles. The molecule has 0 spiro atoms. The molecule has 2 nitrogen and oxygen atoms in total. The Kier molecular flexibility index (Phi) is 16.0. The predicted octanol–water partition coefficient (Wildman–Crippen LogP) is 12.0. The normalized spacial score (nSPS) is 17.6. The first kappa shape index (κ1) is 34.1. The van der Waals surface area contributed by atoms with Gasteiger partial charge in [0, 0.05) is 5.56 Å². The largest absolute Gasteiger partial charge is 0.490 e. The topological polar surface area (TPSA) is 33.0 Å². The third-order valence-corrected chi connectivity index (χ3v) is 9.34. The zero-order chi connectivity index (χ0) is 30.0. The second-order valence-corrected chi connectivity index (χ2v) is 12.7. The van der Waals surface area contributed by atoms with Gasteiger partial charge in [-0.1, -0.05) is 134 Å². The number of nitriles is 1. The SMILES string of the molecule is CCCCCCCCOc1ccc(-c2ccc(CC(C#N)CCC3CCC(CCCCCCC)CC3)cc2)c(F)c1F. The van der Waals surface area contributed by atoms with E-state index in [9.17, 15) is 14.0 Å². The summed E-state index contributed by atoms with van der Waals surface area (Å²) in [6.07, 6.45) is 23.1. The molecule has 0 amide bonds. The van der Waals surface area contributed by atoms with Crippen LogP contribution in [0.15, 0.2) is 36.4 Å². The minimum absolute atomic E-state index is 0.00982. The third-order valence-electron chi connectivity index (χ3n) is 9.34. The van der Waals surface area contributed by atoms with E-state index in [-0.39, 0.29) is 17.2 Å². The van der Waals surface area contributed by atoms with E-state index in [0.717, 1.165) is 49.5 Å². The molecule has 0 saturated heterocycles. The lowest BCUT2D eigenvalue weighted by Crippen LogP contribution is -2.16. The van der Waals surface area contributed by atoms with Gasteiger partial charge in [0.25, 0.3) is 0 Å². The van der Waals surface area contributed by atoms with Crippen LogP contribution in [0.4, 0.5) is 8.78 Å². The van der Waals surface area contributed by atoms with Gasteiger partial charge in [-0.3, -0.25) is 0 Å². The number of benzene rings is 2. The molecule has 3 rings (SSSR count). The third kappa shape index (κ3) is 11.7. The van der Waals surface area contributed by atoms with Gasteiger partial charge in [0.1, 0.15) is 0 Å². The van der Waals surface area contributed by atoms with Gasteiger partial charge < -0.3 is 4.74 Å². The average Bonchev–Trinajstić information content (AvgIpc) is 3.01. The standard InChI is InChI=1S/C38H55F2NO/c1-3-5-7-9-11-13-27-42-36-26-25-35(37(39)38(36)40)34-23-21-32(22-24-34)28-33(29-41)20-19-31-17-15-30(16-18-31)14-12-10-8-6-4-2/h21-26,30-31,33H,3-20,27-28H2,1-2H3. The number of hydrogen-bond acceptors (Lipinski definition) is 2. The Morgan fingerprint density at radius 2 is 1.33 bits per heavy atom. The van der Waals surface area contributed by atoms with Crippen LogP contribution in [0.1, 0.15) is 135 Å². The van der Waals surface area contributed by atoms with Crippen molar-refractivity contribution in [2.75, 3.05) is 6.61 Å². The summed E-state index contributed by atoms with van der Waals surface area (Å²) < 4.78 is 35.2. The van der Waals surface area contributed by atoms with Crippen molar-refractivity contribution in [2.24, 2.45) is 17.8 Å². The maximum Gasteiger partial charge on any atom is 0.201 e. The van der Waals surface area contributed by atoms with Crippen LogP contribution in [0.25, 0.3) is 11.1 Å². The summed E-state index contributed by atoms with van der Waals surface area (Å²) in [5.41, 5.74) is 1.93. The van der Waals surface area contributed by atoms with Gasteiger partial charge in [-0.15, -0.1) is 0 Å². The van der Waals surface area contributed by atoms with Crippen molar-refractivity contribution >= 4 is 0 Å². The molecule has 0 N–H and O–H groups in total. The Balaban J connectivity index is 1.41. The molecule has 232 valence electrons. The van der Waals surface area contributed by atoms with Crippen molar-refractivity contribution in [2.45, 2.75) is 136 Å². The van der Waals surface area contributed by atoms with E-state index in [4.69, 9.17) is 4.74 Å². The molecule has 0 aromatic heterocycles. The second-order valence-electron chi connectivity index (χ2n) is 12.7. The van der Waals surface area contributed by atoms with Gasteiger partial charge in [0.2, 0.25) is 5.82 Å². The van der Waals surface area contributed by atoms with E-state index in [2.05, 4.69) is 19.9 Å². The predicted molar refractivity (Wildman–Crippen MR) is 172 cm³/mol. The van der Waals surface area contributed by atoms with Gasteiger partial charge in [-0.25, -0.2) is 4.39 Å². The molecule has 0 bridgehead atoms. The Labute approximate surface area is 255 Å². The molecule has 2 aromatic rings. The highest BCUT2D eigenvalue weighted by molar-refractivity contribution is 5.65. The first-order valence-electron chi connectivity index (χ1n) is 17.1. The van der Waals surface area contributed by atoms with E-state index in [1.807, 2.05) is 24.3 Å². The zero-order valence-corrected chi connectivity index (χ0v) is 26.4. The van der Waals surface area contributed by atoms with Crippen LogP contribution in [0.3, 0.4) is 0 Å². The number of hydrogen-bond donors (Lipinski definition) is 0. The highest BCUT2D eigenvalue weighted by Gasteiger charge is 2.22. The van der Waals surface area contributed by atoms with Crippen LogP contribution in [0.2, 0.25) is 0 Å². The summed E-state index contributed by atoms with van der Waals surface area (Å²) in [6, 6.07) is 13.2. The summed E-state index contributed by atoms with van der Waals surface area (Å²) in [6.45, 7) is 4.86. The fourth-order valence-electron chi connectivity index (χ4n) is 6.53. The summed E-state index contributed by atoms with van der Waals surface area (Å²) in [7, 11) is 0. The molecule has 1 aliphatic carbocycles. The molecule has 0 radical (unpaired) electrons. The van der Waals surface area contributed by atoms with Gasteiger partial charge in [-0.05, 0) is 60.8 Å². The fourth-order valence-corrected chi connectivity index (χ4v) is 6.53. The van der Waals surface area contributed by atoms with Crippen LogP contribution in [0.5, 0.6) is 5.75 Å². The molecular weight excluding hydrogens is 524 g/mol. The monoisotopic (exact) mass is 579 g/mol. The molecular formula is C38H55F2NO. The molecule has 42 heavy (non-hydrogen) atoms. The lowest BCUT2D eigenvalue weighted by atomic mass is 9.77. The average molecular weight is 580 g/mol. The molecule has 4 heteroatoms. The van der Waals surface area contributed by atoms with Gasteiger partial charge in [0.05, 0.1) is 18.6 Å². The second kappa shape index (κ2) is 19.7.